The summed E-state index contributed by atoms with van der Waals surface area (Å²) in [6.07, 6.45) is 0. The summed E-state index contributed by atoms with van der Waals surface area (Å²) in [6.45, 7) is 3.40. The van der Waals surface area contributed by atoms with Crippen LogP contribution in [-0.2, 0) is 0 Å². The molecular weight excluding hydrogens is 288 g/mol. The fourth-order valence-electron chi connectivity index (χ4n) is 1.47. The Labute approximate surface area is 106 Å². The molecule has 0 bridgehead atoms. The molecule has 0 radical (unpaired) electrons. The highest BCUT2D eigenvalue weighted by Crippen LogP contribution is 2.26. The maximum Gasteiger partial charge on any atom is 0.341 e. The standard InChI is InChI=1S/C11H9BrN2O3/c1-5-7(12)3-4-8(13-5)10-9(11(15)16)6(2)14-17-10/h3-4H,1-2H3,(H,15,16). The van der Waals surface area contributed by atoms with E-state index < -0.39 is 5.97 Å². The van der Waals surface area contributed by atoms with E-state index in [9.17, 15) is 4.79 Å². The first-order valence-corrected chi connectivity index (χ1v) is 5.63. The van der Waals surface area contributed by atoms with Crippen LogP contribution < -0.4 is 0 Å². The molecule has 0 unspecified atom stereocenters. The van der Waals surface area contributed by atoms with Gasteiger partial charge in [-0.1, -0.05) is 5.16 Å². The highest BCUT2D eigenvalue weighted by Gasteiger charge is 2.22. The Balaban J connectivity index is 2.60. The minimum Gasteiger partial charge on any atom is -0.477 e. The van der Waals surface area contributed by atoms with Gasteiger partial charge >= 0.3 is 5.97 Å². The lowest BCUT2D eigenvalue weighted by atomic mass is 10.1. The average Bonchev–Trinajstić information content (AvgIpc) is 2.64. The van der Waals surface area contributed by atoms with Crippen molar-refractivity contribution in [3.63, 3.8) is 0 Å². The molecule has 0 aliphatic heterocycles. The third kappa shape index (κ3) is 2.08. The fraction of sp³-hybridized carbons (Fsp3) is 0.182. The third-order valence-corrected chi connectivity index (χ3v) is 3.17. The molecule has 6 heteroatoms. The lowest BCUT2D eigenvalue weighted by Crippen LogP contribution is -2.00. The van der Waals surface area contributed by atoms with E-state index in [4.69, 9.17) is 9.63 Å². The molecule has 0 atom stereocenters. The van der Waals surface area contributed by atoms with Gasteiger partial charge in [-0.3, -0.25) is 0 Å². The third-order valence-electron chi connectivity index (χ3n) is 2.33. The first-order chi connectivity index (χ1) is 8.00. The quantitative estimate of drug-likeness (QED) is 0.922. The van der Waals surface area contributed by atoms with Gasteiger partial charge in [-0.25, -0.2) is 9.78 Å². The van der Waals surface area contributed by atoms with Crippen LogP contribution in [0.1, 0.15) is 21.7 Å². The van der Waals surface area contributed by atoms with Gasteiger partial charge in [0.2, 0.25) is 0 Å². The van der Waals surface area contributed by atoms with Crippen LogP contribution in [0.3, 0.4) is 0 Å². The zero-order valence-corrected chi connectivity index (χ0v) is 10.8. The van der Waals surface area contributed by atoms with Gasteiger partial charge in [0, 0.05) is 4.47 Å². The second-order valence-corrected chi connectivity index (χ2v) is 4.40. The Morgan fingerprint density at radius 3 is 2.65 bits per heavy atom. The van der Waals surface area contributed by atoms with Crippen molar-refractivity contribution in [3.8, 4) is 11.5 Å². The Kier molecular flexibility index (Phi) is 2.97. The molecule has 88 valence electrons. The molecular formula is C11H9BrN2O3. The van der Waals surface area contributed by atoms with Gasteiger partial charge in [-0.05, 0) is 41.9 Å². The van der Waals surface area contributed by atoms with E-state index >= 15 is 0 Å². The molecule has 2 rings (SSSR count). The molecule has 0 spiro atoms. The van der Waals surface area contributed by atoms with Crippen molar-refractivity contribution in [1.82, 2.24) is 10.1 Å². The van der Waals surface area contributed by atoms with Crippen molar-refractivity contribution in [2.24, 2.45) is 0 Å². The summed E-state index contributed by atoms with van der Waals surface area (Å²) in [5.41, 5.74) is 1.62. The Hall–Kier alpha value is -1.69. The van der Waals surface area contributed by atoms with Crippen molar-refractivity contribution in [2.75, 3.05) is 0 Å². The van der Waals surface area contributed by atoms with Crippen molar-refractivity contribution in [2.45, 2.75) is 13.8 Å². The molecule has 0 saturated carbocycles. The maximum atomic E-state index is 11.1. The van der Waals surface area contributed by atoms with Gasteiger partial charge in [-0.15, -0.1) is 0 Å². The molecule has 0 amide bonds. The number of carboxylic acid groups (broad SMARTS) is 1. The van der Waals surface area contributed by atoms with E-state index in [0.29, 0.717) is 11.4 Å². The molecule has 2 aromatic rings. The van der Waals surface area contributed by atoms with Crippen LogP contribution in [0.4, 0.5) is 0 Å². The number of carboxylic acids is 1. The molecule has 2 heterocycles. The molecule has 0 saturated heterocycles. The second kappa shape index (κ2) is 4.29. The van der Waals surface area contributed by atoms with Crippen LogP contribution in [0.2, 0.25) is 0 Å². The zero-order valence-electron chi connectivity index (χ0n) is 9.19. The number of aromatic nitrogens is 2. The molecule has 2 aromatic heterocycles. The van der Waals surface area contributed by atoms with Crippen LogP contribution >= 0.6 is 15.9 Å². The lowest BCUT2D eigenvalue weighted by Gasteiger charge is -2.01. The van der Waals surface area contributed by atoms with E-state index in [1.807, 2.05) is 6.92 Å². The monoisotopic (exact) mass is 296 g/mol. The number of aromatic carboxylic acids is 1. The zero-order chi connectivity index (χ0) is 12.6. The summed E-state index contributed by atoms with van der Waals surface area (Å²) in [7, 11) is 0. The number of rotatable bonds is 2. The minimum atomic E-state index is -1.07. The highest BCUT2D eigenvalue weighted by molar-refractivity contribution is 9.10. The number of hydrogen-bond donors (Lipinski definition) is 1. The Morgan fingerprint density at radius 2 is 2.06 bits per heavy atom. The van der Waals surface area contributed by atoms with Gasteiger partial charge in [0.05, 0.1) is 11.4 Å². The fourth-order valence-corrected chi connectivity index (χ4v) is 1.69. The predicted molar refractivity (Wildman–Crippen MR) is 63.9 cm³/mol. The summed E-state index contributed by atoms with van der Waals surface area (Å²) >= 11 is 3.33. The Morgan fingerprint density at radius 1 is 1.35 bits per heavy atom. The summed E-state index contributed by atoms with van der Waals surface area (Å²) in [5, 5.41) is 12.7. The van der Waals surface area contributed by atoms with Crippen LogP contribution in [0.25, 0.3) is 11.5 Å². The largest absolute Gasteiger partial charge is 0.477 e. The second-order valence-electron chi connectivity index (χ2n) is 3.54. The predicted octanol–water partition coefficient (Wildman–Crippen LogP) is 2.81. The maximum absolute atomic E-state index is 11.1. The van der Waals surface area contributed by atoms with E-state index in [1.54, 1.807) is 19.1 Å². The van der Waals surface area contributed by atoms with Gasteiger partial charge in [0.15, 0.2) is 5.76 Å². The number of nitrogens with zero attached hydrogens (tertiary/aromatic N) is 2. The molecule has 0 fully saturated rings. The smallest absolute Gasteiger partial charge is 0.341 e. The normalized spacial score (nSPS) is 10.5. The number of hydrogen-bond acceptors (Lipinski definition) is 4. The van der Waals surface area contributed by atoms with E-state index in [2.05, 4.69) is 26.1 Å². The average molecular weight is 297 g/mol. The van der Waals surface area contributed by atoms with Gasteiger partial charge in [0.1, 0.15) is 11.3 Å². The number of carbonyl (C=O) groups is 1. The van der Waals surface area contributed by atoms with Crippen molar-refractivity contribution < 1.29 is 14.4 Å². The summed E-state index contributed by atoms with van der Waals surface area (Å²) in [5.74, 6) is -0.883. The van der Waals surface area contributed by atoms with Crippen molar-refractivity contribution >= 4 is 21.9 Å². The van der Waals surface area contributed by atoms with E-state index in [1.165, 1.54) is 0 Å². The van der Waals surface area contributed by atoms with Gasteiger partial charge in [0.25, 0.3) is 0 Å². The molecule has 0 aliphatic carbocycles. The SMILES string of the molecule is Cc1nc(-c2onc(C)c2C(=O)O)ccc1Br. The van der Waals surface area contributed by atoms with Crippen LogP contribution in [0, 0.1) is 13.8 Å². The van der Waals surface area contributed by atoms with E-state index in [-0.39, 0.29) is 11.3 Å². The number of pyridine rings is 1. The van der Waals surface area contributed by atoms with Gasteiger partial charge < -0.3 is 9.63 Å². The van der Waals surface area contributed by atoms with Gasteiger partial charge in [-0.2, -0.15) is 0 Å². The lowest BCUT2D eigenvalue weighted by molar-refractivity contribution is 0.0696. The van der Waals surface area contributed by atoms with Crippen LogP contribution in [0.5, 0.6) is 0 Å². The highest BCUT2D eigenvalue weighted by atomic mass is 79.9. The first-order valence-electron chi connectivity index (χ1n) is 4.83. The molecule has 0 aliphatic rings. The van der Waals surface area contributed by atoms with Crippen molar-refractivity contribution in [1.29, 1.82) is 0 Å². The summed E-state index contributed by atoms with van der Waals surface area (Å²) in [6, 6.07) is 3.48. The number of aryl methyl sites for hydroxylation is 2. The van der Waals surface area contributed by atoms with Crippen LogP contribution in [-0.4, -0.2) is 21.2 Å². The summed E-state index contributed by atoms with van der Waals surface area (Å²) < 4.78 is 5.88. The minimum absolute atomic E-state index is 0.0548. The van der Waals surface area contributed by atoms with Crippen LogP contribution in [0.15, 0.2) is 21.1 Å². The number of halogens is 1. The molecule has 5 nitrogen and oxygen atoms in total. The molecule has 1 N–H and O–H groups in total. The molecule has 17 heavy (non-hydrogen) atoms. The van der Waals surface area contributed by atoms with Crippen molar-refractivity contribution in [3.05, 3.63) is 33.6 Å². The molecule has 0 aromatic carbocycles. The van der Waals surface area contributed by atoms with E-state index in [0.717, 1.165) is 10.2 Å². The topological polar surface area (TPSA) is 76.2 Å². The first kappa shape index (κ1) is 11.8. The Bertz CT molecular complexity index is 592. The summed E-state index contributed by atoms with van der Waals surface area (Å²) in [4.78, 5) is 15.3.